The molecule has 1 aliphatic carbocycles. The molecule has 0 unspecified atom stereocenters. The van der Waals surface area contributed by atoms with Crippen molar-refractivity contribution in [2.45, 2.75) is 65.2 Å². The van der Waals surface area contributed by atoms with E-state index in [-0.39, 0.29) is 11.9 Å². The van der Waals surface area contributed by atoms with Crippen LogP contribution in [0.15, 0.2) is 0 Å². The third-order valence-corrected chi connectivity index (χ3v) is 4.21. The minimum atomic E-state index is 0.00226. The lowest BCUT2D eigenvalue weighted by atomic mass is 9.80. The highest BCUT2D eigenvalue weighted by Gasteiger charge is 2.26. The van der Waals surface area contributed by atoms with Crippen molar-refractivity contribution in [3.63, 3.8) is 0 Å². The van der Waals surface area contributed by atoms with Gasteiger partial charge in [0.2, 0.25) is 0 Å². The van der Waals surface area contributed by atoms with E-state index in [0.29, 0.717) is 0 Å². The largest absolute Gasteiger partial charge is 0.469 e. The molecule has 1 aliphatic rings. The monoisotopic (exact) mass is 369 g/mol. The first-order valence-corrected chi connectivity index (χ1v) is 9.00. The standard InChI is InChI=1S/C12H22IO2.C3H8/c1-15-12(14)11-7-5-10(6-8-11)4-2-3-9-13;1-3-2/h10-11,13H,2-9H2,1H3;3H2,1-2H3/q+1;. The topological polar surface area (TPSA) is 26.3 Å². The molecule has 0 heterocycles. The normalized spacial score (nSPS) is 22.9. The number of halogens is 1. The highest BCUT2D eigenvalue weighted by atomic mass is 127. The summed E-state index contributed by atoms with van der Waals surface area (Å²) in [5.41, 5.74) is 0. The SMILES string of the molecule is CCC.COC(=O)C1CCC(CCCC[IH+])CC1. The molecule has 0 aromatic rings. The number of carbonyl (C=O) groups excluding carboxylic acids is 1. The van der Waals surface area contributed by atoms with Gasteiger partial charge in [0.15, 0.2) is 0 Å². The average molecular weight is 369 g/mol. The molecular formula is C15H30IO2+. The van der Waals surface area contributed by atoms with Gasteiger partial charge in [-0.05, 0) is 44.4 Å². The van der Waals surface area contributed by atoms with Crippen molar-refractivity contribution in [2.75, 3.05) is 11.5 Å². The first kappa shape index (κ1) is 18.2. The maximum absolute atomic E-state index is 11.3. The minimum absolute atomic E-state index is 0.00226. The quantitative estimate of drug-likeness (QED) is 0.311. The Kier molecular flexibility index (Phi) is 12.4. The fourth-order valence-electron chi connectivity index (χ4n) is 2.39. The summed E-state index contributed by atoms with van der Waals surface area (Å²) in [6.07, 6.45) is 9.89. The lowest BCUT2D eigenvalue weighted by molar-refractivity contribution is -0.368. The second-order valence-electron chi connectivity index (χ2n) is 5.15. The molecule has 1 fully saturated rings. The summed E-state index contributed by atoms with van der Waals surface area (Å²) in [5, 5.41) is 0. The summed E-state index contributed by atoms with van der Waals surface area (Å²) in [7, 11) is 1.50. The van der Waals surface area contributed by atoms with Gasteiger partial charge in [0.25, 0.3) is 22.6 Å². The van der Waals surface area contributed by atoms with Crippen LogP contribution >= 0.6 is 0 Å². The fraction of sp³-hybridized carbons (Fsp3) is 0.933. The number of methoxy groups -OCH3 is 1. The van der Waals surface area contributed by atoms with E-state index in [1.807, 2.05) is 0 Å². The first-order valence-electron chi connectivity index (χ1n) is 7.35. The summed E-state index contributed by atoms with van der Waals surface area (Å²) in [6, 6.07) is 0. The van der Waals surface area contributed by atoms with E-state index < -0.39 is 0 Å². The van der Waals surface area contributed by atoms with Crippen LogP contribution in [0.5, 0.6) is 0 Å². The molecule has 0 radical (unpaired) electrons. The highest BCUT2D eigenvalue weighted by Crippen LogP contribution is 2.32. The molecule has 3 heteroatoms. The van der Waals surface area contributed by atoms with Crippen molar-refractivity contribution in [3.05, 3.63) is 0 Å². The zero-order valence-corrected chi connectivity index (χ0v) is 14.6. The van der Waals surface area contributed by atoms with Crippen LogP contribution in [-0.2, 0) is 9.53 Å². The van der Waals surface area contributed by atoms with Crippen molar-refractivity contribution in [1.29, 1.82) is 0 Å². The van der Waals surface area contributed by atoms with Gasteiger partial charge in [0, 0.05) is 0 Å². The molecule has 2 nitrogen and oxygen atoms in total. The fourth-order valence-corrected chi connectivity index (χ4v) is 2.97. The van der Waals surface area contributed by atoms with Gasteiger partial charge in [-0.2, -0.15) is 0 Å². The van der Waals surface area contributed by atoms with Crippen molar-refractivity contribution >= 4 is 5.97 Å². The molecule has 18 heavy (non-hydrogen) atoms. The zero-order chi connectivity index (χ0) is 13.8. The molecule has 0 atom stereocenters. The van der Waals surface area contributed by atoms with Crippen LogP contribution in [0.1, 0.15) is 65.2 Å². The van der Waals surface area contributed by atoms with Crippen LogP contribution in [0.2, 0.25) is 0 Å². The Morgan fingerprint density at radius 3 is 2.17 bits per heavy atom. The molecule has 0 spiro atoms. The Morgan fingerprint density at radius 1 is 1.17 bits per heavy atom. The van der Waals surface area contributed by atoms with Crippen LogP contribution in [0.3, 0.4) is 0 Å². The van der Waals surface area contributed by atoms with E-state index in [1.165, 1.54) is 50.1 Å². The molecule has 0 saturated heterocycles. The molecule has 0 N–H and O–H groups in total. The number of hydrogen-bond acceptors (Lipinski definition) is 2. The maximum Gasteiger partial charge on any atom is 0.308 e. The van der Waals surface area contributed by atoms with Gasteiger partial charge in [0.1, 0.15) is 4.43 Å². The third kappa shape index (κ3) is 8.33. The van der Waals surface area contributed by atoms with Gasteiger partial charge >= 0.3 is 5.97 Å². The minimum Gasteiger partial charge on any atom is -0.469 e. The number of rotatable bonds is 5. The molecule has 0 aromatic heterocycles. The highest BCUT2D eigenvalue weighted by molar-refractivity contribution is 5.72. The number of esters is 1. The van der Waals surface area contributed by atoms with E-state index in [9.17, 15) is 4.79 Å². The smallest absolute Gasteiger partial charge is 0.308 e. The molecule has 1 rings (SSSR count). The molecular weight excluding hydrogens is 339 g/mol. The average Bonchev–Trinajstić information content (AvgIpc) is 2.40. The molecule has 1 saturated carbocycles. The number of unbranched alkanes of at least 4 members (excludes halogenated alkanes) is 1. The molecule has 0 amide bonds. The molecule has 0 aliphatic heterocycles. The van der Waals surface area contributed by atoms with Crippen LogP contribution in [0, 0.1) is 11.8 Å². The van der Waals surface area contributed by atoms with Gasteiger partial charge < -0.3 is 4.74 Å². The van der Waals surface area contributed by atoms with E-state index in [4.69, 9.17) is 4.74 Å². The van der Waals surface area contributed by atoms with E-state index in [2.05, 4.69) is 36.4 Å². The maximum atomic E-state index is 11.3. The number of hydrogen-bond donors (Lipinski definition) is 0. The summed E-state index contributed by atoms with van der Waals surface area (Å²) in [4.78, 5) is 11.3. The Bertz CT molecular complexity index is 199. The van der Waals surface area contributed by atoms with Gasteiger partial charge in [0.05, 0.1) is 13.0 Å². The predicted octanol–water partition coefficient (Wildman–Crippen LogP) is 0.838. The third-order valence-electron chi connectivity index (χ3n) is 3.39. The lowest BCUT2D eigenvalue weighted by Gasteiger charge is -2.26. The Labute approximate surface area is 126 Å². The van der Waals surface area contributed by atoms with Crippen molar-refractivity contribution in [3.8, 4) is 0 Å². The molecule has 0 bridgehead atoms. The summed E-state index contributed by atoms with van der Waals surface area (Å²) < 4.78 is 6.10. The van der Waals surface area contributed by atoms with Crippen molar-refractivity contribution < 1.29 is 32.1 Å². The van der Waals surface area contributed by atoms with E-state index >= 15 is 0 Å². The van der Waals surface area contributed by atoms with Gasteiger partial charge in [-0.25, -0.2) is 0 Å². The molecule has 108 valence electrons. The Hall–Kier alpha value is 0.200. The summed E-state index contributed by atoms with van der Waals surface area (Å²) in [6.45, 7) is 4.25. The summed E-state index contributed by atoms with van der Waals surface area (Å²) >= 11 is 2.18. The molecule has 0 aromatic carbocycles. The van der Waals surface area contributed by atoms with Gasteiger partial charge in [-0.3, -0.25) is 4.79 Å². The van der Waals surface area contributed by atoms with E-state index in [1.54, 1.807) is 0 Å². The van der Waals surface area contributed by atoms with Crippen LogP contribution in [-0.4, -0.2) is 17.5 Å². The number of carbonyl (C=O) groups is 1. The van der Waals surface area contributed by atoms with E-state index in [0.717, 1.165) is 18.8 Å². The predicted molar refractivity (Wildman–Crippen MR) is 73.5 cm³/mol. The zero-order valence-electron chi connectivity index (χ0n) is 12.2. The van der Waals surface area contributed by atoms with Crippen LogP contribution in [0.4, 0.5) is 0 Å². The number of ether oxygens (including phenoxy) is 1. The van der Waals surface area contributed by atoms with Crippen LogP contribution < -0.4 is 22.6 Å². The second kappa shape index (κ2) is 12.2. The van der Waals surface area contributed by atoms with Gasteiger partial charge in [-0.15, -0.1) is 0 Å². The second-order valence-corrected chi connectivity index (χ2v) is 6.31. The van der Waals surface area contributed by atoms with Crippen molar-refractivity contribution in [2.24, 2.45) is 11.8 Å². The Balaban J connectivity index is 0.000000873. The summed E-state index contributed by atoms with van der Waals surface area (Å²) in [5.74, 6) is 1.07. The lowest BCUT2D eigenvalue weighted by Crippen LogP contribution is -3.35. The first-order chi connectivity index (χ1) is 8.69. The number of alkyl halides is 1. The van der Waals surface area contributed by atoms with Crippen molar-refractivity contribution in [1.82, 2.24) is 0 Å². The van der Waals surface area contributed by atoms with Gasteiger partial charge in [-0.1, -0.05) is 26.7 Å². The Morgan fingerprint density at radius 2 is 1.72 bits per heavy atom. The van der Waals surface area contributed by atoms with Crippen LogP contribution in [0.25, 0.3) is 0 Å².